The van der Waals surface area contributed by atoms with E-state index < -0.39 is 0 Å². The van der Waals surface area contributed by atoms with Gasteiger partial charge in [-0.15, -0.1) is 0 Å². The first-order chi connectivity index (χ1) is 4.61. The lowest BCUT2D eigenvalue weighted by Gasteiger charge is -2.01. The lowest BCUT2D eigenvalue weighted by Crippen LogP contribution is -2.05. The van der Waals surface area contributed by atoms with Crippen molar-refractivity contribution in [3.63, 3.8) is 0 Å². The van der Waals surface area contributed by atoms with Gasteiger partial charge in [-0.25, -0.2) is 0 Å². The highest BCUT2D eigenvalue weighted by Gasteiger charge is 1.99. The van der Waals surface area contributed by atoms with Crippen molar-refractivity contribution in [1.82, 2.24) is 0 Å². The van der Waals surface area contributed by atoms with Crippen molar-refractivity contribution in [3.8, 4) is 11.5 Å². The molecule has 1 aromatic carbocycles. The van der Waals surface area contributed by atoms with E-state index in [-0.39, 0.29) is 11.5 Å². The minimum atomic E-state index is -0.0527. The second kappa shape index (κ2) is 2.25. The van der Waals surface area contributed by atoms with E-state index in [1.165, 1.54) is 0 Å². The van der Waals surface area contributed by atoms with Crippen molar-refractivity contribution >= 4 is 13.3 Å². The van der Waals surface area contributed by atoms with E-state index in [9.17, 15) is 0 Å². The number of rotatable bonds is 0. The van der Waals surface area contributed by atoms with Gasteiger partial charge < -0.3 is 10.2 Å². The molecule has 0 aromatic heterocycles. The van der Waals surface area contributed by atoms with Gasteiger partial charge in [0.15, 0.2) is 11.5 Å². The number of phenolic OH excluding ortho intramolecular Hbond substituents is 2. The third-order valence-corrected chi connectivity index (χ3v) is 1.59. The third-order valence-electron chi connectivity index (χ3n) is 1.59. The largest absolute Gasteiger partial charge is 0.504 e. The van der Waals surface area contributed by atoms with Gasteiger partial charge in [0.2, 0.25) is 0 Å². The molecule has 2 nitrogen and oxygen atoms in total. The maximum Gasteiger partial charge on any atom is 0.157 e. The predicted molar refractivity (Wildman–Crippen MR) is 42.7 cm³/mol. The van der Waals surface area contributed by atoms with Crippen LogP contribution in [0.25, 0.3) is 0 Å². The van der Waals surface area contributed by atoms with Gasteiger partial charge in [-0.05, 0) is 19.1 Å². The van der Waals surface area contributed by atoms with Gasteiger partial charge in [-0.1, -0.05) is 11.0 Å². The van der Waals surface area contributed by atoms with Crippen LogP contribution in [0.2, 0.25) is 0 Å². The Hall–Kier alpha value is -1.12. The van der Waals surface area contributed by atoms with Gasteiger partial charge in [0.05, 0.1) is 0 Å². The molecule has 1 rings (SSSR count). The van der Waals surface area contributed by atoms with Crippen LogP contribution in [0.15, 0.2) is 12.1 Å². The van der Waals surface area contributed by atoms with E-state index in [1.54, 1.807) is 12.1 Å². The minimum absolute atomic E-state index is 0.0527. The highest BCUT2D eigenvalue weighted by atomic mass is 16.3. The van der Waals surface area contributed by atoms with Crippen LogP contribution in [-0.4, -0.2) is 18.1 Å². The molecule has 1 aromatic rings. The van der Waals surface area contributed by atoms with Crippen molar-refractivity contribution in [2.75, 3.05) is 0 Å². The number of hydrogen-bond donors (Lipinski definition) is 2. The molecule has 0 aliphatic rings. The van der Waals surface area contributed by atoms with Gasteiger partial charge in [0, 0.05) is 0 Å². The smallest absolute Gasteiger partial charge is 0.157 e. The molecule has 0 heterocycles. The fourth-order valence-corrected chi connectivity index (χ4v) is 0.786. The van der Waals surface area contributed by atoms with Crippen LogP contribution in [0.1, 0.15) is 5.56 Å². The summed E-state index contributed by atoms with van der Waals surface area (Å²) in [7, 11) is 1.88. The first kappa shape index (κ1) is 7.00. The summed E-state index contributed by atoms with van der Waals surface area (Å²) in [5, 5.41) is 17.9. The molecule has 10 heavy (non-hydrogen) atoms. The van der Waals surface area contributed by atoms with Crippen LogP contribution >= 0.6 is 0 Å². The van der Waals surface area contributed by atoms with Gasteiger partial charge in [-0.3, -0.25) is 0 Å². The van der Waals surface area contributed by atoms with Crippen molar-refractivity contribution in [3.05, 3.63) is 17.7 Å². The molecule has 52 valence electrons. The molecule has 0 unspecified atom stereocenters. The molecule has 3 heteroatoms. The maximum atomic E-state index is 8.97. The summed E-state index contributed by atoms with van der Waals surface area (Å²) in [4.78, 5) is 0. The monoisotopic (exact) mass is 136 g/mol. The lowest BCUT2D eigenvalue weighted by atomic mass is 9.91. The Labute approximate surface area is 60.5 Å². The molecule has 0 radical (unpaired) electrons. The fourth-order valence-electron chi connectivity index (χ4n) is 0.786. The molecule has 0 fully saturated rings. The summed E-state index contributed by atoms with van der Waals surface area (Å²) in [5.74, 6) is -0.105. The fraction of sp³-hybridized carbons (Fsp3) is 0.143. The zero-order valence-electron chi connectivity index (χ0n) is 6.05. The minimum Gasteiger partial charge on any atom is -0.504 e. The average molecular weight is 136 g/mol. The predicted octanol–water partition coefficient (Wildman–Crippen LogP) is -0.335. The second-order valence-corrected chi connectivity index (χ2v) is 2.43. The summed E-state index contributed by atoms with van der Waals surface area (Å²) in [5.41, 5.74) is 1.96. The molecular weight excluding hydrogens is 127 g/mol. The third kappa shape index (κ3) is 1.08. The van der Waals surface area contributed by atoms with E-state index in [1.807, 2.05) is 14.8 Å². The Kier molecular flexibility index (Phi) is 1.58. The quantitative estimate of drug-likeness (QED) is 0.378. The molecule has 0 bridgehead atoms. The number of aryl methyl sites for hydroxylation is 1. The summed E-state index contributed by atoms with van der Waals surface area (Å²) in [6.45, 7) is 1.88. The van der Waals surface area contributed by atoms with E-state index in [0.29, 0.717) is 0 Å². The van der Waals surface area contributed by atoms with Crippen molar-refractivity contribution in [2.24, 2.45) is 0 Å². The summed E-state index contributed by atoms with van der Waals surface area (Å²) >= 11 is 0. The summed E-state index contributed by atoms with van der Waals surface area (Å²) in [6.07, 6.45) is 0. The first-order valence-corrected chi connectivity index (χ1v) is 3.10. The lowest BCUT2D eigenvalue weighted by molar-refractivity contribution is 0.404. The SMILES string of the molecule is Bc1cc(O)c(O)cc1C. The van der Waals surface area contributed by atoms with Gasteiger partial charge in [0.1, 0.15) is 7.85 Å². The molecule has 0 amide bonds. The highest BCUT2D eigenvalue weighted by Crippen LogP contribution is 2.22. The Bertz CT molecular complexity index is 208. The normalized spacial score (nSPS) is 9.70. The van der Waals surface area contributed by atoms with Crippen LogP contribution in [0.4, 0.5) is 0 Å². The van der Waals surface area contributed by atoms with Gasteiger partial charge in [0.25, 0.3) is 0 Å². The van der Waals surface area contributed by atoms with Crippen LogP contribution in [-0.2, 0) is 0 Å². The van der Waals surface area contributed by atoms with Crippen LogP contribution < -0.4 is 5.46 Å². The topological polar surface area (TPSA) is 40.5 Å². The van der Waals surface area contributed by atoms with Crippen molar-refractivity contribution < 1.29 is 10.2 Å². The van der Waals surface area contributed by atoms with E-state index >= 15 is 0 Å². The second-order valence-electron chi connectivity index (χ2n) is 2.43. The zero-order chi connectivity index (χ0) is 7.72. The molecule has 0 aliphatic carbocycles. The molecule has 0 atom stereocenters. The van der Waals surface area contributed by atoms with Crippen LogP contribution in [0.5, 0.6) is 11.5 Å². The standard InChI is InChI=1S/C7H9BO2/c1-4-2-6(9)7(10)3-5(4)8/h2-3,9-10H,8H2,1H3. The van der Waals surface area contributed by atoms with Crippen molar-refractivity contribution in [1.29, 1.82) is 0 Å². The number of benzene rings is 1. The molecule has 0 aliphatic heterocycles. The van der Waals surface area contributed by atoms with Crippen LogP contribution in [0, 0.1) is 6.92 Å². The number of hydrogen-bond acceptors (Lipinski definition) is 2. The molecular formula is C7H9BO2. The first-order valence-electron chi connectivity index (χ1n) is 3.10. The molecule has 2 N–H and O–H groups in total. The zero-order valence-corrected chi connectivity index (χ0v) is 6.05. The van der Waals surface area contributed by atoms with Gasteiger partial charge >= 0.3 is 0 Å². The Balaban J connectivity index is 3.28. The number of aromatic hydroxyl groups is 2. The van der Waals surface area contributed by atoms with E-state index in [0.717, 1.165) is 11.0 Å². The molecule has 0 saturated heterocycles. The van der Waals surface area contributed by atoms with Crippen LogP contribution in [0.3, 0.4) is 0 Å². The number of phenols is 2. The Morgan fingerprint density at radius 2 is 1.70 bits per heavy atom. The van der Waals surface area contributed by atoms with Crippen molar-refractivity contribution in [2.45, 2.75) is 6.92 Å². The van der Waals surface area contributed by atoms with E-state index in [2.05, 4.69) is 0 Å². The molecule has 0 saturated carbocycles. The summed E-state index contributed by atoms with van der Waals surface area (Å²) < 4.78 is 0. The summed E-state index contributed by atoms with van der Waals surface area (Å²) in [6, 6.07) is 3.09. The Morgan fingerprint density at radius 1 is 1.20 bits per heavy atom. The maximum absolute atomic E-state index is 8.97. The van der Waals surface area contributed by atoms with Gasteiger partial charge in [-0.2, -0.15) is 0 Å². The average Bonchev–Trinajstić information content (AvgIpc) is 1.84. The highest BCUT2D eigenvalue weighted by molar-refractivity contribution is 6.33. The Morgan fingerprint density at radius 3 is 2.20 bits per heavy atom. The van der Waals surface area contributed by atoms with E-state index in [4.69, 9.17) is 10.2 Å². The molecule has 0 spiro atoms.